The second-order valence-corrected chi connectivity index (χ2v) is 7.08. The smallest absolute Gasteiger partial charge is 0.0329 e. The van der Waals surface area contributed by atoms with Crippen LogP contribution in [0.4, 0.5) is 0 Å². The van der Waals surface area contributed by atoms with Crippen LogP contribution in [0.5, 0.6) is 0 Å². The van der Waals surface area contributed by atoms with Crippen molar-refractivity contribution >= 4 is 26.7 Å². The van der Waals surface area contributed by atoms with Crippen LogP contribution < -0.4 is 5.73 Å². The summed E-state index contributed by atoms with van der Waals surface area (Å²) in [7, 11) is 0. The van der Waals surface area contributed by atoms with Gasteiger partial charge in [0.1, 0.15) is 0 Å². The summed E-state index contributed by atoms with van der Waals surface area (Å²) in [5.74, 6) is 1.51. The average Bonchev–Trinajstić information content (AvgIpc) is 2.48. The fourth-order valence-electron chi connectivity index (χ4n) is 3.48. The SMILES string of the molecule is CC1CCC(C(N)c2ccc(Br)c3ccccc23)CC1. The van der Waals surface area contributed by atoms with Gasteiger partial charge in [-0.15, -0.1) is 0 Å². The second kappa shape index (κ2) is 5.87. The first-order chi connectivity index (χ1) is 9.66. The third-order valence-corrected chi connectivity index (χ3v) is 5.52. The van der Waals surface area contributed by atoms with Gasteiger partial charge in [0.2, 0.25) is 0 Å². The Kier molecular flexibility index (Phi) is 4.13. The Labute approximate surface area is 129 Å². The topological polar surface area (TPSA) is 26.0 Å². The fourth-order valence-corrected chi connectivity index (χ4v) is 3.95. The van der Waals surface area contributed by atoms with Crippen molar-refractivity contribution in [3.05, 3.63) is 46.4 Å². The van der Waals surface area contributed by atoms with Gasteiger partial charge in [-0.05, 0) is 47.1 Å². The Balaban J connectivity index is 1.95. The lowest BCUT2D eigenvalue weighted by Gasteiger charge is -2.31. The van der Waals surface area contributed by atoms with Crippen LogP contribution in [0.1, 0.15) is 44.2 Å². The van der Waals surface area contributed by atoms with Crippen LogP contribution in [0, 0.1) is 11.8 Å². The molecular formula is C18H22BrN. The Bertz CT molecular complexity index is 599. The van der Waals surface area contributed by atoms with Gasteiger partial charge < -0.3 is 5.73 Å². The molecule has 0 amide bonds. The van der Waals surface area contributed by atoms with Crippen LogP contribution in [0.2, 0.25) is 0 Å². The molecule has 0 radical (unpaired) electrons. The van der Waals surface area contributed by atoms with Crippen LogP contribution in [0.15, 0.2) is 40.9 Å². The van der Waals surface area contributed by atoms with Gasteiger partial charge in [0.25, 0.3) is 0 Å². The molecule has 1 unspecified atom stereocenters. The monoisotopic (exact) mass is 331 g/mol. The normalized spacial score (nSPS) is 24.8. The van der Waals surface area contributed by atoms with Gasteiger partial charge in [0, 0.05) is 10.5 Å². The van der Waals surface area contributed by atoms with Crippen LogP contribution in [-0.4, -0.2) is 0 Å². The second-order valence-electron chi connectivity index (χ2n) is 6.23. The molecule has 1 atom stereocenters. The van der Waals surface area contributed by atoms with E-state index in [0.29, 0.717) is 5.92 Å². The Hall–Kier alpha value is -0.860. The lowest BCUT2D eigenvalue weighted by Crippen LogP contribution is -2.25. The van der Waals surface area contributed by atoms with E-state index in [1.807, 2.05) is 0 Å². The highest BCUT2D eigenvalue weighted by Gasteiger charge is 2.25. The maximum Gasteiger partial charge on any atom is 0.0329 e. The van der Waals surface area contributed by atoms with Gasteiger partial charge in [-0.3, -0.25) is 0 Å². The van der Waals surface area contributed by atoms with Crippen molar-refractivity contribution in [2.24, 2.45) is 17.6 Å². The molecule has 1 aliphatic rings. The highest BCUT2D eigenvalue weighted by atomic mass is 79.9. The zero-order valence-corrected chi connectivity index (χ0v) is 13.6. The van der Waals surface area contributed by atoms with Crippen molar-refractivity contribution in [2.75, 3.05) is 0 Å². The van der Waals surface area contributed by atoms with E-state index < -0.39 is 0 Å². The predicted molar refractivity (Wildman–Crippen MR) is 89.7 cm³/mol. The molecule has 0 saturated heterocycles. The molecule has 1 nitrogen and oxygen atoms in total. The van der Waals surface area contributed by atoms with Crippen molar-refractivity contribution in [1.29, 1.82) is 0 Å². The largest absolute Gasteiger partial charge is 0.324 e. The van der Waals surface area contributed by atoms with Gasteiger partial charge in [0.15, 0.2) is 0 Å². The predicted octanol–water partition coefficient (Wildman–Crippen LogP) is 5.43. The van der Waals surface area contributed by atoms with Crippen molar-refractivity contribution in [3.63, 3.8) is 0 Å². The summed E-state index contributed by atoms with van der Waals surface area (Å²) in [6.07, 6.45) is 5.19. The summed E-state index contributed by atoms with van der Waals surface area (Å²) < 4.78 is 1.15. The number of halogens is 1. The van der Waals surface area contributed by atoms with Crippen molar-refractivity contribution in [1.82, 2.24) is 0 Å². The lowest BCUT2D eigenvalue weighted by molar-refractivity contribution is 0.257. The quantitative estimate of drug-likeness (QED) is 0.780. The first-order valence-corrected chi connectivity index (χ1v) is 8.39. The number of nitrogens with two attached hydrogens (primary N) is 1. The molecule has 2 aromatic carbocycles. The van der Waals surface area contributed by atoms with Crippen LogP contribution in [0.25, 0.3) is 10.8 Å². The van der Waals surface area contributed by atoms with Crippen molar-refractivity contribution in [3.8, 4) is 0 Å². The maximum atomic E-state index is 6.62. The van der Waals surface area contributed by atoms with Gasteiger partial charge in [0.05, 0.1) is 0 Å². The maximum absolute atomic E-state index is 6.62. The highest BCUT2D eigenvalue weighted by Crippen LogP contribution is 2.38. The van der Waals surface area contributed by atoms with E-state index in [2.05, 4.69) is 59.3 Å². The Morgan fingerprint density at radius 3 is 2.35 bits per heavy atom. The standard InChI is InChI=1S/C18H22BrN/c1-12-6-8-13(9-7-12)18(20)16-10-11-17(19)15-5-3-2-4-14(15)16/h2-5,10-13,18H,6-9,20H2,1H3. The molecule has 1 saturated carbocycles. The van der Waals surface area contributed by atoms with E-state index in [4.69, 9.17) is 5.73 Å². The van der Waals surface area contributed by atoms with E-state index in [0.717, 1.165) is 10.4 Å². The number of benzene rings is 2. The van der Waals surface area contributed by atoms with Gasteiger partial charge in [-0.2, -0.15) is 0 Å². The molecule has 3 rings (SSSR count). The zero-order chi connectivity index (χ0) is 14.1. The van der Waals surface area contributed by atoms with Crippen molar-refractivity contribution < 1.29 is 0 Å². The molecule has 0 heterocycles. The molecule has 2 heteroatoms. The summed E-state index contributed by atoms with van der Waals surface area (Å²) in [5.41, 5.74) is 7.92. The van der Waals surface area contributed by atoms with Crippen LogP contribution in [-0.2, 0) is 0 Å². The number of hydrogen-bond acceptors (Lipinski definition) is 1. The molecule has 106 valence electrons. The van der Waals surface area contributed by atoms with E-state index >= 15 is 0 Å². The Morgan fingerprint density at radius 2 is 1.65 bits per heavy atom. The summed E-state index contributed by atoms with van der Waals surface area (Å²) in [6, 6.07) is 13.1. The molecule has 2 N–H and O–H groups in total. The fraction of sp³-hybridized carbons (Fsp3) is 0.444. The third kappa shape index (κ3) is 2.64. The minimum atomic E-state index is 0.167. The Morgan fingerprint density at radius 1 is 1.00 bits per heavy atom. The molecule has 0 aromatic heterocycles. The van der Waals surface area contributed by atoms with E-state index in [1.54, 1.807) is 0 Å². The first-order valence-electron chi connectivity index (χ1n) is 7.59. The summed E-state index contributed by atoms with van der Waals surface area (Å²) in [4.78, 5) is 0. The molecular weight excluding hydrogens is 310 g/mol. The van der Waals surface area contributed by atoms with E-state index in [9.17, 15) is 0 Å². The van der Waals surface area contributed by atoms with Crippen LogP contribution in [0.3, 0.4) is 0 Å². The number of fused-ring (bicyclic) bond motifs is 1. The number of rotatable bonds is 2. The molecule has 1 aliphatic carbocycles. The number of hydrogen-bond donors (Lipinski definition) is 1. The third-order valence-electron chi connectivity index (χ3n) is 4.83. The summed E-state index contributed by atoms with van der Waals surface area (Å²) in [6.45, 7) is 2.36. The molecule has 0 bridgehead atoms. The first kappa shape index (κ1) is 14.1. The van der Waals surface area contributed by atoms with Crippen molar-refractivity contribution in [2.45, 2.75) is 38.6 Å². The van der Waals surface area contributed by atoms with Gasteiger partial charge in [-0.1, -0.05) is 66.0 Å². The van der Waals surface area contributed by atoms with E-state index in [-0.39, 0.29) is 6.04 Å². The van der Waals surface area contributed by atoms with Gasteiger partial charge in [-0.25, -0.2) is 0 Å². The molecule has 0 spiro atoms. The van der Waals surface area contributed by atoms with Gasteiger partial charge >= 0.3 is 0 Å². The molecule has 2 aromatic rings. The molecule has 0 aliphatic heterocycles. The minimum absolute atomic E-state index is 0.167. The lowest BCUT2D eigenvalue weighted by atomic mass is 9.77. The summed E-state index contributed by atoms with van der Waals surface area (Å²) >= 11 is 3.64. The summed E-state index contributed by atoms with van der Waals surface area (Å²) in [5, 5.41) is 2.57. The zero-order valence-electron chi connectivity index (χ0n) is 12.0. The highest BCUT2D eigenvalue weighted by molar-refractivity contribution is 9.10. The average molecular weight is 332 g/mol. The minimum Gasteiger partial charge on any atom is -0.324 e. The van der Waals surface area contributed by atoms with E-state index in [1.165, 1.54) is 42.0 Å². The van der Waals surface area contributed by atoms with Crippen LogP contribution >= 0.6 is 15.9 Å². The molecule has 20 heavy (non-hydrogen) atoms. The molecule has 1 fully saturated rings.